The van der Waals surface area contributed by atoms with E-state index < -0.39 is 16.5 Å². The molecule has 0 aromatic heterocycles. The number of carbonyl (C=O) groups is 1. The lowest BCUT2D eigenvalue weighted by Gasteiger charge is -2.36. The van der Waals surface area contributed by atoms with Gasteiger partial charge in [0.2, 0.25) is 0 Å². The van der Waals surface area contributed by atoms with Gasteiger partial charge in [0, 0.05) is 4.90 Å². The van der Waals surface area contributed by atoms with Gasteiger partial charge in [-0.15, -0.1) is 11.8 Å². The minimum atomic E-state index is -0.815. The van der Waals surface area contributed by atoms with Crippen LogP contribution in [0, 0.1) is 5.82 Å². The average Bonchev–Trinajstić information content (AvgIpc) is 2.23. The van der Waals surface area contributed by atoms with Crippen LogP contribution in [0.3, 0.4) is 0 Å². The molecule has 0 spiro atoms. The number of benzene rings is 1. The first kappa shape index (κ1) is 12.2. The maximum atomic E-state index is 13.5. The molecule has 0 heterocycles. The van der Waals surface area contributed by atoms with E-state index in [9.17, 15) is 14.3 Å². The zero-order valence-electron chi connectivity index (χ0n) is 9.40. The van der Waals surface area contributed by atoms with Crippen LogP contribution in [0.5, 0.6) is 5.75 Å². The molecule has 0 amide bonds. The first-order valence-electron chi connectivity index (χ1n) is 5.33. The predicted octanol–water partition coefficient (Wildman–Crippen LogP) is 2.93. The molecule has 2 rings (SSSR count). The lowest BCUT2D eigenvalue weighted by molar-refractivity contribution is -0.142. The maximum absolute atomic E-state index is 13.5. The number of carboxylic acid groups (broad SMARTS) is 1. The highest BCUT2D eigenvalue weighted by Gasteiger charge is 2.45. The fourth-order valence-corrected chi connectivity index (χ4v) is 3.12. The van der Waals surface area contributed by atoms with Crippen molar-refractivity contribution in [2.24, 2.45) is 0 Å². The van der Waals surface area contributed by atoms with Crippen LogP contribution in [-0.4, -0.2) is 22.9 Å². The third-order valence-corrected chi connectivity index (χ3v) is 4.45. The summed E-state index contributed by atoms with van der Waals surface area (Å²) in [5.41, 5.74) is 0. The highest BCUT2D eigenvalue weighted by Crippen LogP contribution is 2.48. The van der Waals surface area contributed by atoms with Gasteiger partial charge in [0.1, 0.15) is 4.75 Å². The summed E-state index contributed by atoms with van der Waals surface area (Å²) >= 11 is 1.22. The normalized spacial score (nSPS) is 17.3. The Morgan fingerprint density at radius 1 is 1.53 bits per heavy atom. The summed E-state index contributed by atoms with van der Waals surface area (Å²) in [4.78, 5) is 11.8. The lowest BCUT2D eigenvalue weighted by atomic mass is 9.84. The Hall–Kier alpha value is -1.23. The first-order chi connectivity index (χ1) is 8.07. The van der Waals surface area contributed by atoms with Crippen LogP contribution in [0.15, 0.2) is 23.1 Å². The molecule has 1 aromatic rings. The number of rotatable bonds is 4. The maximum Gasteiger partial charge on any atom is 0.320 e. The predicted molar refractivity (Wildman–Crippen MR) is 63.0 cm³/mol. The monoisotopic (exact) mass is 256 g/mol. The molecule has 0 bridgehead atoms. The molecule has 1 aliphatic rings. The van der Waals surface area contributed by atoms with Crippen LogP contribution in [0.4, 0.5) is 4.39 Å². The smallest absolute Gasteiger partial charge is 0.320 e. The molecule has 1 saturated carbocycles. The van der Waals surface area contributed by atoms with E-state index in [0.29, 0.717) is 17.7 Å². The topological polar surface area (TPSA) is 46.5 Å². The zero-order valence-corrected chi connectivity index (χ0v) is 10.2. The summed E-state index contributed by atoms with van der Waals surface area (Å²) in [6.07, 6.45) is 2.19. The van der Waals surface area contributed by atoms with Gasteiger partial charge >= 0.3 is 5.97 Å². The largest absolute Gasteiger partial charge is 0.494 e. The van der Waals surface area contributed by atoms with Crippen LogP contribution in [0.1, 0.15) is 19.3 Å². The lowest BCUT2D eigenvalue weighted by Crippen LogP contribution is -2.41. The summed E-state index contributed by atoms with van der Waals surface area (Å²) < 4.78 is 17.5. The molecule has 92 valence electrons. The summed E-state index contributed by atoms with van der Waals surface area (Å²) in [7, 11) is 1.40. The van der Waals surface area contributed by atoms with Crippen molar-refractivity contribution in [2.45, 2.75) is 28.9 Å². The number of hydrogen-bond acceptors (Lipinski definition) is 3. The van der Waals surface area contributed by atoms with E-state index in [1.807, 2.05) is 0 Å². The van der Waals surface area contributed by atoms with Crippen molar-refractivity contribution in [3.05, 3.63) is 24.0 Å². The molecular weight excluding hydrogens is 243 g/mol. The Morgan fingerprint density at radius 2 is 2.24 bits per heavy atom. The number of thioether (sulfide) groups is 1. The number of carboxylic acids is 1. The molecule has 1 N–H and O–H groups in total. The molecule has 0 radical (unpaired) electrons. The van der Waals surface area contributed by atoms with Crippen molar-refractivity contribution >= 4 is 17.7 Å². The fourth-order valence-electron chi connectivity index (χ4n) is 1.79. The van der Waals surface area contributed by atoms with Crippen molar-refractivity contribution in [3.8, 4) is 5.75 Å². The number of methoxy groups -OCH3 is 1. The Kier molecular flexibility index (Phi) is 3.28. The van der Waals surface area contributed by atoms with Gasteiger partial charge in [-0.25, -0.2) is 4.39 Å². The Labute approximate surface area is 103 Å². The molecule has 1 aliphatic carbocycles. The van der Waals surface area contributed by atoms with Crippen LogP contribution in [0.25, 0.3) is 0 Å². The summed E-state index contributed by atoms with van der Waals surface area (Å²) in [6, 6.07) is 4.54. The van der Waals surface area contributed by atoms with Gasteiger partial charge in [-0.2, -0.15) is 0 Å². The summed E-state index contributed by atoms with van der Waals surface area (Å²) in [6.45, 7) is 0. The summed E-state index contributed by atoms with van der Waals surface area (Å²) in [5, 5.41) is 9.18. The van der Waals surface area contributed by atoms with E-state index in [1.165, 1.54) is 31.0 Å². The average molecular weight is 256 g/mol. The van der Waals surface area contributed by atoms with Crippen molar-refractivity contribution in [3.63, 3.8) is 0 Å². The van der Waals surface area contributed by atoms with Crippen molar-refractivity contribution < 1.29 is 19.0 Å². The number of aliphatic carboxylic acids is 1. The van der Waals surface area contributed by atoms with Crippen molar-refractivity contribution in [1.29, 1.82) is 0 Å². The molecule has 3 nitrogen and oxygen atoms in total. The number of halogens is 1. The number of ether oxygens (including phenoxy) is 1. The van der Waals surface area contributed by atoms with E-state index in [4.69, 9.17) is 4.74 Å². The molecule has 0 unspecified atom stereocenters. The minimum absolute atomic E-state index is 0.173. The Morgan fingerprint density at radius 3 is 2.65 bits per heavy atom. The molecule has 17 heavy (non-hydrogen) atoms. The van der Waals surface area contributed by atoms with Gasteiger partial charge < -0.3 is 9.84 Å². The zero-order chi connectivity index (χ0) is 12.5. The Bertz CT molecular complexity index is 443. The second kappa shape index (κ2) is 4.56. The molecule has 5 heteroatoms. The Balaban J connectivity index is 2.18. The van der Waals surface area contributed by atoms with Crippen LogP contribution >= 0.6 is 11.8 Å². The SMILES string of the molecule is COc1ccc(SC2(C(=O)O)CCC2)cc1F. The van der Waals surface area contributed by atoms with Crippen LogP contribution in [0.2, 0.25) is 0 Å². The van der Waals surface area contributed by atoms with Crippen LogP contribution in [-0.2, 0) is 4.79 Å². The van der Waals surface area contributed by atoms with Crippen molar-refractivity contribution in [2.75, 3.05) is 7.11 Å². The minimum Gasteiger partial charge on any atom is -0.494 e. The first-order valence-corrected chi connectivity index (χ1v) is 6.15. The molecular formula is C12H13FO3S. The quantitative estimate of drug-likeness (QED) is 0.899. The standard InChI is InChI=1S/C12H13FO3S/c1-16-10-4-3-8(7-9(10)13)17-12(11(14)15)5-2-6-12/h3-4,7H,2,5-6H2,1H3,(H,14,15). The van der Waals surface area contributed by atoms with Gasteiger partial charge in [0.05, 0.1) is 7.11 Å². The fraction of sp³-hybridized carbons (Fsp3) is 0.417. The van der Waals surface area contributed by atoms with Gasteiger partial charge in [-0.3, -0.25) is 4.79 Å². The second-order valence-corrected chi connectivity index (χ2v) is 5.51. The highest BCUT2D eigenvalue weighted by atomic mass is 32.2. The van der Waals surface area contributed by atoms with Gasteiger partial charge in [0.15, 0.2) is 11.6 Å². The molecule has 0 atom stereocenters. The van der Waals surface area contributed by atoms with E-state index in [1.54, 1.807) is 6.07 Å². The second-order valence-electron chi connectivity index (χ2n) is 4.05. The van der Waals surface area contributed by atoms with E-state index in [0.717, 1.165) is 6.42 Å². The number of hydrogen-bond donors (Lipinski definition) is 1. The van der Waals surface area contributed by atoms with Gasteiger partial charge in [-0.1, -0.05) is 0 Å². The van der Waals surface area contributed by atoms with E-state index >= 15 is 0 Å². The van der Waals surface area contributed by atoms with Crippen LogP contribution < -0.4 is 4.74 Å². The van der Waals surface area contributed by atoms with E-state index in [2.05, 4.69) is 0 Å². The van der Waals surface area contributed by atoms with Crippen molar-refractivity contribution in [1.82, 2.24) is 0 Å². The summed E-state index contributed by atoms with van der Waals surface area (Å²) in [5.74, 6) is -1.10. The highest BCUT2D eigenvalue weighted by molar-refractivity contribution is 8.01. The third kappa shape index (κ3) is 2.24. The van der Waals surface area contributed by atoms with Gasteiger partial charge in [-0.05, 0) is 37.5 Å². The molecule has 0 saturated heterocycles. The third-order valence-electron chi connectivity index (χ3n) is 2.99. The molecule has 1 aromatic carbocycles. The molecule has 1 fully saturated rings. The van der Waals surface area contributed by atoms with E-state index in [-0.39, 0.29) is 5.75 Å². The van der Waals surface area contributed by atoms with Gasteiger partial charge in [0.25, 0.3) is 0 Å². The molecule has 0 aliphatic heterocycles.